The molecule has 1 nitrogen and oxygen atoms in total. The Kier molecular flexibility index (Phi) is 4.04. The standard InChI is InChI=1S/C13H14BrClN/c1-2-9-5-3-4-6-10(9)11-8-16-13(15)7-12(11)14/h7-8H,1-6H2. The van der Waals surface area contributed by atoms with Crippen LogP contribution in [-0.4, -0.2) is 4.98 Å². The van der Waals surface area contributed by atoms with Crippen molar-refractivity contribution in [2.75, 3.05) is 0 Å². The summed E-state index contributed by atoms with van der Waals surface area (Å²) in [6.45, 7) is 4.01. The van der Waals surface area contributed by atoms with Crippen molar-refractivity contribution in [2.45, 2.75) is 32.1 Å². The van der Waals surface area contributed by atoms with Gasteiger partial charge in [-0.1, -0.05) is 17.2 Å². The van der Waals surface area contributed by atoms with Crippen molar-refractivity contribution in [1.29, 1.82) is 0 Å². The van der Waals surface area contributed by atoms with Crippen LogP contribution in [0.5, 0.6) is 0 Å². The molecule has 1 aromatic rings. The van der Waals surface area contributed by atoms with Gasteiger partial charge in [0.1, 0.15) is 5.15 Å². The number of hydrogen-bond acceptors (Lipinski definition) is 1. The van der Waals surface area contributed by atoms with E-state index in [1.54, 1.807) is 0 Å². The summed E-state index contributed by atoms with van der Waals surface area (Å²) in [7, 11) is 0. The topological polar surface area (TPSA) is 12.9 Å². The van der Waals surface area contributed by atoms with Gasteiger partial charge in [0.2, 0.25) is 0 Å². The van der Waals surface area contributed by atoms with Crippen molar-refractivity contribution in [3.63, 3.8) is 0 Å². The zero-order valence-corrected chi connectivity index (χ0v) is 11.4. The van der Waals surface area contributed by atoms with E-state index in [1.165, 1.54) is 36.0 Å². The summed E-state index contributed by atoms with van der Waals surface area (Å²) in [5, 5.41) is 0.531. The minimum Gasteiger partial charge on any atom is -0.244 e. The monoisotopic (exact) mass is 298 g/mol. The van der Waals surface area contributed by atoms with Gasteiger partial charge < -0.3 is 0 Å². The van der Waals surface area contributed by atoms with Gasteiger partial charge in [-0.2, -0.15) is 0 Å². The van der Waals surface area contributed by atoms with Gasteiger partial charge in [0.25, 0.3) is 0 Å². The molecule has 0 saturated heterocycles. The van der Waals surface area contributed by atoms with Gasteiger partial charge >= 0.3 is 0 Å². The average molecular weight is 300 g/mol. The third-order valence-electron chi connectivity index (χ3n) is 3.03. The molecule has 16 heavy (non-hydrogen) atoms. The van der Waals surface area contributed by atoms with E-state index in [9.17, 15) is 0 Å². The lowest BCUT2D eigenvalue weighted by Crippen LogP contribution is -2.00. The minimum absolute atomic E-state index is 0.531. The zero-order valence-electron chi connectivity index (χ0n) is 9.10. The fourth-order valence-corrected chi connectivity index (χ4v) is 3.05. The van der Waals surface area contributed by atoms with Crippen LogP contribution in [0, 0.1) is 6.92 Å². The maximum absolute atomic E-state index is 5.86. The Morgan fingerprint density at radius 2 is 2.12 bits per heavy atom. The van der Waals surface area contributed by atoms with E-state index in [2.05, 4.69) is 27.8 Å². The zero-order chi connectivity index (χ0) is 11.5. The Labute approximate surface area is 110 Å². The number of halogens is 2. The van der Waals surface area contributed by atoms with Gasteiger partial charge in [0.05, 0.1) is 0 Å². The molecule has 0 fully saturated rings. The molecule has 1 aliphatic carbocycles. The molecule has 1 aromatic heterocycles. The molecule has 3 heteroatoms. The molecule has 0 amide bonds. The first-order chi connectivity index (χ1) is 7.72. The fraction of sp³-hybridized carbons (Fsp3) is 0.385. The first kappa shape index (κ1) is 12.1. The van der Waals surface area contributed by atoms with E-state index in [4.69, 9.17) is 11.6 Å². The second-order valence-electron chi connectivity index (χ2n) is 4.03. The summed E-state index contributed by atoms with van der Waals surface area (Å²) in [5.74, 6) is 0. The second-order valence-corrected chi connectivity index (χ2v) is 5.27. The van der Waals surface area contributed by atoms with E-state index >= 15 is 0 Å². The molecule has 1 heterocycles. The van der Waals surface area contributed by atoms with Crippen LogP contribution in [0.1, 0.15) is 37.7 Å². The van der Waals surface area contributed by atoms with Crippen LogP contribution in [0.3, 0.4) is 0 Å². The Morgan fingerprint density at radius 3 is 2.81 bits per heavy atom. The van der Waals surface area contributed by atoms with Crippen LogP contribution in [0.2, 0.25) is 5.15 Å². The van der Waals surface area contributed by atoms with E-state index < -0.39 is 0 Å². The van der Waals surface area contributed by atoms with Gasteiger partial charge in [-0.15, -0.1) is 0 Å². The molecule has 0 unspecified atom stereocenters. The van der Waals surface area contributed by atoms with Gasteiger partial charge in [-0.05, 0) is 66.6 Å². The molecule has 0 aromatic carbocycles. The first-order valence-corrected chi connectivity index (χ1v) is 6.71. The van der Waals surface area contributed by atoms with Crippen molar-refractivity contribution >= 4 is 33.1 Å². The highest BCUT2D eigenvalue weighted by Gasteiger charge is 2.15. The number of aromatic nitrogens is 1. The predicted molar refractivity (Wildman–Crippen MR) is 72.3 cm³/mol. The summed E-state index contributed by atoms with van der Waals surface area (Å²) in [5.41, 5.74) is 4.07. The highest BCUT2D eigenvalue weighted by Crippen LogP contribution is 2.37. The Balaban J connectivity index is 2.45. The molecule has 0 aliphatic heterocycles. The molecule has 0 N–H and O–H groups in total. The second kappa shape index (κ2) is 5.33. The van der Waals surface area contributed by atoms with E-state index in [1.807, 2.05) is 12.3 Å². The summed E-state index contributed by atoms with van der Waals surface area (Å²) >= 11 is 9.42. The van der Waals surface area contributed by atoms with Gasteiger partial charge in [0.15, 0.2) is 0 Å². The molecular formula is C13H14BrClN. The van der Waals surface area contributed by atoms with E-state index in [0.29, 0.717) is 5.15 Å². The van der Waals surface area contributed by atoms with Crippen molar-refractivity contribution in [3.05, 3.63) is 39.9 Å². The van der Waals surface area contributed by atoms with Crippen molar-refractivity contribution in [1.82, 2.24) is 4.98 Å². The predicted octanol–water partition coefficient (Wildman–Crippen LogP) is 5.05. The number of allylic oxidation sites excluding steroid dienone is 2. The number of nitrogens with zero attached hydrogens (tertiary/aromatic N) is 1. The highest BCUT2D eigenvalue weighted by molar-refractivity contribution is 9.10. The number of pyridine rings is 1. The molecule has 1 radical (unpaired) electrons. The van der Waals surface area contributed by atoms with Crippen molar-refractivity contribution < 1.29 is 0 Å². The van der Waals surface area contributed by atoms with Crippen LogP contribution in [0.25, 0.3) is 5.57 Å². The van der Waals surface area contributed by atoms with Crippen LogP contribution in [0.4, 0.5) is 0 Å². The fourth-order valence-electron chi connectivity index (χ4n) is 2.20. The third kappa shape index (κ3) is 2.49. The molecule has 0 saturated carbocycles. The van der Waals surface area contributed by atoms with Gasteiger partial charge in [-0.3, -0.25) is 0 Å². The smallest absolute Gasteiger partial charge is 0.130 e. The highest BCUT2D eigenvalue weighted by atomic mass is 79.9. The normalized spacial score (nSPS) is 16.7. The van der Waals surface area contributed by atoms with Crippen molar-refractivity contribution in [2.24, 2.45) is 0 Å². The van der Waals surface area contributed by atoms with Crippen LogP contribution in [-0.2, 0) is 0 Å². The molecule has 85 valence electrons. The summed E-state index contributed by atoms with van der Waals surface area (Å²) in [4.78, 5) is 4.16. The lowest BCUT2D eigenvalue weighted by Gasteiger charge is -2.20. The maximum atomic E-state index is 5.86. The Hall–Kier alpha value is -0.340. The summed E-state index contributed by atoms with van der Waals surface area (Å²) < 4.78 is 1.04. The molecule has 0 atom stereocenters. The molecular weight excluding hydrogens is 286 g/mol. The molecule has 0 spiro atoms. The lowest BCUT2D eigenvalue weighted by molar-refractivity contribution is 0.703. The number of rotatable bonds is 2. The summed E-state index contributed by atoms with van der Waals surface area (Å²) in [6.07, 6.45) is 7.61. The Bertz CT molecular complexity index is 426. The van der Waals surface area contributed by atoms with Crippen molar-refractivity contribution in [3.8, 4) is 0 Å². The molecule has 0 bridgehead atoms. The SMILES string of the molecule is [CH2]CC1=C(c2cnc(Cl)cc2Br)CCCC1. The Morgan fingerprint density at radius 1 is 1.38 bits per heavy atom. The first-order valence-electron chi connectivity index (χ1n) is 5.54. The summed E-state index contributed by atoms with van der Waals surface area (Å²) in [6, 6.07) is 1.86. The lowest BCUT2D eigenvalue weighted by atomic mass is 9.87. The van der Waals surface area contributed by atoms with Crippen LogP contribution in [0.15, 0.2) is 22.3 Å². The quantitative estimate of drug-likeness (QED) is 0.696. The van der Waals surface area contributed by atoms with Gasteiger partial charge in [-0.25, -0.2) is 4.98 Å². The maximum Gasteiger partial charge on any atom is 0.130 e. The number of hydrogen-bond donors (Lipinski definition) is 0. The van der Waals surface area contributed by atoms with Crippen LogP contribution < -0.4 is 0 Å². The van der Waals surface area contributed by atoms with Crippen LogP contribution >= 0.6 is 27.5 Å². The average Bonchev–Trinajstić information content (AvgIpc) is 2.29. The largest absolute Gasteiger partial charge is 0.244 e. The minimum atomic E-state index is 0.531. The molecule has 1 aliphatic rings. The third-order valence-corrected chi connectivity index (χ3v) is 3.89. The molecule has 2 rings (SSSR count). The van der Waals surface area contributed by atoms with E-state index in [0.717, 1.165) is 17.3 Å². The van der Waals surface area contributed by atoms with Gasteiger partial charge in [0, 0.05) is 16.2 Å². The van der Waals surface area contributed by atoms with E-state index in [-0.39, 0.29) is 0 Å².